The van der Waals surface area contributed by atoms with Crippen LogP contribution in [0.2, 0.25) is 0 Å². The molecule has 0 bridgehead atoms. The lowest BCUT2D eigenvalue weighted by Gasteiger charge is -2.08. The zero-order chi connectivity index (χ0) is 12.3. The highest BCUT2D eigenvalue weighted by atomic mass is 16.5. The van der Waals surface area contributed by atoms with Gasteiger partial charge in [-0.1, -0.05) is 18.2 Å². The highest BCUT2D eigenvalue weighted by molar-refractivity contribution is 6.60. The van der Waals surface area contributed by atoms with Crippen LogP contribution in [0.5, 0.6) is 5.75 Å². The maximum Gasteiger partial charge on any atom is 0.490 e. The van der Waals surface area contributed by atoms with Crippen LogP contribution in [0.3, 0.4) is 0 Å². The number of benzene rings is 1. The molecule has 0 aliphatic carbocycles. The summed E-state index contributed by atoms with van der Waals surface area (Å²) in [5, 5.41) is 18.6. The lowest BCUT2D eigenvalue weighted by atomic mass is 9.77. The lowest BCUT2D eigenvalue weighted by Crippen LogP contribution is -2.32. The molecule has 0 fully saturated rings. The van der Waals surface area contributed by atoms with Crippen molar-refractivity contribution in [2.24, 2.45) is 0 Å². The fraction of sp³-hybridized carbons (Fsp3) is 0.0833. The minimum Gasteiger partial charge on any atom is -0.497 e. The minimum absolute atomic E-state index is 0.376. The Labute approximate surface area is 99.7 Å². The van der Waals surface area contributed by atoms with Gasteiger partial charge in [-0.05, 0) is 18.2 Å². The summed E-state index contributed by atoms with van der Waals surface area (Å²) in [6.07, 6.45) is 1.61. The van der Waals surface area contributed by atoms with E-state index in [0.717, 1.165) is 5.56 Å². The van der Waals surface area contributed by atoms with E-state index in [4.69, 9.17) is 4.74 Å². The molecule has 0 aliphatic rings. The van der Waals surface area contributed by atoms with Gasteiger partial charge in [0.05, 0.1) is 12.8 Å². The number of ether oxygens (including phenoxy) is 1. The molecule has 17 heavy (non-hydrogen) atoms. The molecule has 1 heterocycles. The zero-order valence-corrected chi connectivity index (χ0v) is 9.37. The standard InChI is InChI=1S/C12H12BNO3/c1-17-10-5-2-4-9(8-10)12-11(13(15)16)6-3-7-14-12/h2-8,15-16H,1H3. The average Bonchev–Trinajstić information content (AvgIpc) is 2.39. The van der Waals surface area contributed by atoms with Crippen molar-refractivity contribution >= 4 is 12.6 Å². The van der Waals surface area contributed by atoms with Crippen LogP contribution in [-0.2, 0) is 0 Å². The number of aromatic nitrogens is 1. The second kappa shape index (κ2) is 4.99. The topological polar surface area (TPSA) is 62.6 Å². The molecule has 4 nitrogen and oxygen atoms in total. The fourth-order valence-electron chi connectivity index (χ4n) is 1.64. The van der Waals surface area contributed by atoms with Crippen LogP contribution in [0.25, 0.3) is 11.3 Å². The van der Waals surface area contributed by atoms with Gasteiger partial charge in [0.1, 0.15) is 5.75 Å². The molecule has 2 aromatic rings. The summed E-state index contributed by atoms with van der Waals surface area (Å²) < 4.78 is 5.12. The summed E-state index contributed by atoms with van der Waals surface area (Å²) >= 11 is 0. The van der Waals surface area contributed by atoms with Crippen LogP contribution in [0.1, 0.15) is 0 Å². The normalized spacial score (nSPS) is 10.1. The van der Waals surface area contributed by atoms with Gasteiger partial charge in [-0.25, -0.2) is 0 Å². The Balaban J connectivity index is 2.52. The van der Waals surface area contributed by atoms with Crippen LogP contribution >= 0.6 is 0 Å². The van der Waals surface area contributed by atoms with Gasteiger partial charge in [-0.2, -0.15) is 0 Å². The minimum atomic E-state index is -1.54. The molecule has 5 heteroatoms. The number of methoxy groups -OCH3 is 1. The second-order valence-corrected chi connectivity index (χ2v) is 3.55. The van der Waals surface area contributed by atoms with Gasteiger partial charge >= 0.3 is 7.12 Å². The first-order valence-corrected chi connectivity index (χ1v) is 5.18. The van der Waals surface area contributed by atoms with Gasteiger partial charge in [0.25, 0.3) is 0 Å². The van der Waals surface area contributed by atoms with Crippen molar-refractivity contribution in [1.29, 1.82) is 0 Å². The third kappa shape index (κ3) is 2.46. The van der Waals surface area contributed by atoms with Gasteiger partial charge in [0, 0.05) is 17.2 Å². The van der Waals surface area contributed by atoms with E-state index in [1.165, 1.54) is 0 Å². The van der Waals surface area contributed by atoms with Crippen molar-refractivity contribution in [3.63, 3.8) is 0 Å². The van der Waals surface area contributed by atoms with E-state index in [2.05, 4.69) is 4.98 Å². The Hall–Kier alpha value is -1.85. The monoisotopic (exact) mass is 229 g/mol. The van der Waals surface area contributed by atoms with E-state index in [1.807, 2.05) is 18.2 Å². The molecule has 0 spiro atoms. The molecule has 0 saturated heterocycles. The molecule has 0 unspecified atom stereocenters. The molecule has 0 aliphatic heterocycles. The molecule has 86 valence electrons. The third-order valence-electron chi connectivity index (χ3n) is 2.46. The molecule has 0 amide bonds. The molecule has 2 rings (SSSR count). The summed E-state index contributed by atoms with van der Waals surface area (Å²) in [5.74, 6) is 0.700. The first kappa shape index (κ1) is 11.6. The van der Waals surface area contributed by atoms with Crippen LogP contribution in [0.15, 0.2) is 42.6 Å². The first-order chi connectivity index (χ1) is 8.22. The highest BCUT2D eigenvalue weighted by Crippen LogP contribution is 2.20. The van der Waals surface area contributed by atoms with E-state index < -0.39 is 7.12 Å². The molecule has 0 radical (unpaired) electrons. The lowest BCUT2D eigenvalue weighted by molar-refractivity contribution is 0.415. The Morgan fingerprint density at radius 3 is 2.71 bits per heavy atom. The van der Waals surface area contributed by atoms with Crippen LogP contribution in [0.4, 0.5) is 0 Å². The van der Waals surface area contributed by atoms with Crippen LogP contribution < -0.4 is 10.2 Å². The van der Waals surface area contributed by atoms with Crippen molar-refractivity contribution in [3.8, 4) is 17.0 Å². The number of hydrogen-bond donors (Lipinski definition) is 2. The highest BCUT2D eigenvalue weighted by Gasteiger charge is 2.17. The summed E-state index contributed by atoms with van der Waals surface area (Å²) in [5.41, 5.74) is 1.70. The van der Waals surface area contributed by atoms with Crippen molar-refractivity contribution in [2.45, 2.75) is 0 Å². The number of pyridine rings is 1. The zero-order valence-electron chi connectivity index (χ0n) is 9.37. The second-order valence-electron chi connectivity index (χ2n) is 3.55. The van der Waals surface area contributed by atoms with Crippen molar-refractivity contribution in [3.05, 3.63) is 42.6 Å². The number of nitrogens with zero attached hydrogens (tertiary/aromatic N) is 1. The molecule has 1 aromatic heterocycles. The Bertz CT molecular complexity index is 517. The average molecular weight is 229 g/mol. The van der Waals surface area contributed by atoms with Gasteiger partial charge in [-0.15, -0.1) is 0 Å². The summed E-state index contributed by atoms with van der Waals surface area (Å²) in [7, 11) is 0.0455. The smallest absolute Gasteiger partial charge is 0.490 e. The maximum atomic E-state index is 9.28. The predicted octanol–water partition coefficient (Wildman–Crippen LogP) is 0.437. The summed E-state index contributed by atoms with van der Waals surface area (Å²) in [6.45, 7) is 0. The molecular formula is C12H12BNO3. The predicted molar refractivity (Wildman–Crippen MR) is 66.1 cm³/mol. The van der Waals surface area contributed by atoms with Gasteiger partial charge in [0.2, 0.25) is 0 Å². The number of hydrogen-bond acceptors (Lipinski definition) is 4. The van der Waals surface area contributed by atoms with E-state index >= 15 is 0 Å². The maximum absolute atomic E-state index is 9.28. The van der Waals surface area contributed by atoms with E-state index in [0.29, 0.717) is 16.9 Å². The quantitative estimate of drug-likeness (QED) is 0.749. The Kier molecular flexibility index (Phi) is 3.42. The van der Waals surface area contributed by atoms with Gasteiger partial charge in [0.15, 0.2) is 0 Å². The van der Waals surface area contributed by atoms with Gasteiger partial charge < -0.3 is 14.8 Å². The summed E-state index contributed by atoms with van der Waals surface area (Å²) in [4.78, 5) is 4.17. The molecular weight excluding hydrogens is 217 g/mol. The van der Waals surface area contributed by atoms with Crippen LogP contribution in [0, 0.1) is 0 Å². The Morgan fingerprint density at radius 1 is 1.18 bits per heavy atom. The molecule has 1 aromatic carbocycles. The van der Waals surface area contributed by atoms with Crippen LogP contribution in [-0.4, -0.2) is 29.3 Å². The van der Waals surface area contributed by atoms with Crippen molar-refractivity contribution in [1.82, 2.24) is 4.98 Å². The summed E-state index contributed by atoms with van der Waals surface area (Å²) in [6, 6.07) is 10.6. The van der Waals surface area contributed by atoms with Crippen molar-refractivity contribution in [2.75, 3.05) is 7.11 Å². The largest absolute Gasteiger partial charge is 0.497 e. The Morgan fingerprint density at radius 2 is 2.00 bits per heavy atom. The fourth-order valence-corrected chi connectivity index (χ4v) is 1.64. The molecule has 0 atom stereocenters. The van der Waals surface area contributed by atoms with E-state index in [9.17, 15) is 10.0 Å². The van der Waals surface area contributed by atoms with Crippen molar-refractivity contribution < 1.29 is 14.8 Å². The molecule has 2 N–H and O–H groups in total. The van der Waals surface area contributed by atoms with E-state index in [1.54, 1.807) is 31.5 Å². The SMILES string of the molecule is COc1cccc(-c2ncccc2B(O)O)c1. The first-order valence-electron chi connectivity index (χ1n) is 5.18. The third-order valence-corrected chi connectivity index (χ3v) is 2.46. The van der Waals surface area contributed by atoms with Gasteiger partial charge in [-0.3, -0.25) is 4.98 Å². The number of rotatable bonds is 3. The van der Waals surface area contributed by atoms with E-state index in [-0.39, 0.29) is 0 Å². The molecule has 0 saturated carbocycles.